The van der Waals surface area contributed by atoms with E-state index in [-0.39, 0.29) is 0 Å². The maximum absolute atomic E-state index is 8.65. The van der Waals surface area contributed by atoms with Crippen molar-refractivity contribution in [3.05, 3.63) is 0 Å². The first-order valence-electron chi connectivity index (χ1n) is 7.38. The average molecular weight is 388 g/mol. The Labute approximate surface area is 124 Å². The summed E-state index contributed by atoms with van der Waals surface area (Å²) in [4.78, 5) is 0. The molecule has 0 bridgehead atoms. The Morgan fingerprint density at radius 1 is 0.444 bits per heavy atom. The molecule has 0 aromatic carbocycles. The average Bonchev–Trinajstić information content (AvgIpc) is 2.39. The van der Waals surface area contributed by atoms with Gasteiger partial charge in [0.2, 0.25) is 0 Å². The molecule has 0 aliphatic heterocycles. The van der Waals surface area contributed by atoms with Crippen LogP contribution in [-0.4, -0.2) is 49.7 Å². The molecule has 4 heteroatoms. The number of rotatable bonds is 15. The quantitative estimate of drug-likeness (QED) is 0.335. The van der Waals surface area contributed by atoms with Crippen molar-refractivity contribution < 1.29 is 10.2 Å². The van der Waals surface area contributed by atoms with Crippen LogP contribution in [0.5, 0.6) is 0 Å². The Kier molecular flexibility index (Phi) is 18.9. The van der Waals surface area contributed by atoms with Crippen molar-refractivity contribution in [2.45, 2.75) is 74.8 Å². The first-order valence-corrected chi connectivity index (χ1v) is 14.1. The fraction of sp³-hybridized carbons (Fsp3) is 1.00. The minimum atomic E-state index is 0.366. The number of aliphatic hydroxyl groups excluding tert-OH is 2. The Morgan fingerprint density at radius 3 is 1.17 bits per heavy atom. The predicted octanol–water partition coefficient (Wildman–Crippen LogP) is 3.03. The summed E-state index contributed by atoms with van der Waals surface area (Å²) in [6.45, 7) is 0.733. The number of hydrogen-bond acceptors (Lipinski definition) is 2. The summed E-state index contributed by atoms with van der Waals surface area (Å²) in [5.41, 5.74) is 0. The van der Waals surface area contributed by atoms with Gasteiger partial charge < -0.3 is 0 Å². The second-order valence-corrected chi connectivity index (χ2v) is 12.5. The molecule has 0 atom stereocenters. The molecule has 18 heavy (non-hydrogen) atoms. The van der Waals surface area contributed by atoms with E-state index in [0.29, 0.717) is 13.2 Å². The Hall–Kier alpha value is 0.959. The van der Waals surface area contributed by atoms with Crippen molar-refractivity contribution in [1.82, 2.24) is 0 Å². The van der Waals surface area contributed by atoms with Gasteiger partial charge in [-0.05, 0) is 0 Å². The molecule has 0 unspecified atom stereocenters. The molecule has 0 saturated heterocycles. The van der Waals surface area contributed by atoms with E-state index in [1.54, 1.807) is 0 Å². The van der Waals surface area contributed by atoms with E-state index in [9.17, 15) is 0 Å². The third kappa shape index (κ3) is 17.0. The van der Waals surface area contributed by atoms with Crippen molar-refractivity contribution in [3.63, 3.8) is 0 Å². The number of aliphatic hydroxyl groups is 2. The zero-order valence-electron chi connectivity index (χ0n) is 11.6. The maximum atomic E-state index is 8.65. The van der Waals surface area contributed by atoms with Gasteiger partial charge in [0.15, 0.2) is 0 Å². The van der Waals surface area contributed by atoms with Crippen molar-refractivity contribution in [2.75, 3.05) is 13.2 Å². The van der Waals surface area contributed by atoms with Crippen LogP contribution in [0.25, 0.3) is 0 Å². The third-order valence-corrected chi connectivity index (χ3v) is 10.6. The fourth-order valence-electron chi connectivity index (χ4n) is 1.72. The molecule has 0 aliphatic carbocycles. The first kappa shape index (κ1) is 19.0. The summed E-state index contributed by atoms with van der Waals surface area (Å²) >= 11 is 1.88. The van der Waals surface area contributed by atoms with Crippen LogP contribution in [0, 0.1) is 0 Å². The summed E-state index contributed by atoms with van der Waals surface area (Å²) < 4.78 is 0. The Balaban J connectivity index is 2.86. The van der Waals surface area contributed by atoms with Gasteiger partial charge >= 0.3 is 125 Å². The Bertz CT molecular complexity index is 130. The molecule has 2 nitrogen and oxygen atoms in total. The molecule has 0 aromatic heterocycles. The molecule has 0 aliphatic rings. The van der Waals surface area contributed by atoms with Crippen molar-refractivity contribution in [3.8, 4) is 0 Å². The predicted molar refractivity (Wildman–Crippen MR) is 81.5 cm³/mol. The monoisotopic (exact) mass is 390 g/mol. The van der Waals surface area contributed by atoms with Crippen LogP contribution in [0.1, 0.15) is 64.2 Å². The van der Waals surface area contributed by atoms with Gasteiger partial charge in [-0.15, -0.1) is 0 Å². The molecule has 0 amide bonds. The van der Waals surface area contributed by atoms with Crippen LogP contribution in [0.4, 0.5) is 0 Å². The van der Waals surface area contributed by atoms with Crippen molar-refractivity contribution >= 4 is 26.3 Å². The van der Waals surface area contributed by atoms with Crippen molar-refractivity contribution in [1.29, 1.82) is 0 Å². The van der Waals surface area contributed by atoms with Gasteiger partial charge in [0.05, 0.1) is 0 Å². The summed E-state index contributed by atoms with van der Waals surface area (Å²) in [6, 6.07) is 0. The standard InChI is InChI=1S/C14H30O2Se2/c15-11-7-3-1-5-9-13-17-18-14-10-6-2-4-8-12-16/h15-16H,1-14H2. The molecular formula is C14H30O2Se2. The fourth-order valence-corrected chi connectivity index (χ4v) is 8.71. The normalized spacial score (nSPS) is 11.0. The van der Waals surface area contributed by atoms with Crippen LogP contribution in [-0.2, 0) is 0 Å². The molecular weight excluding hydrogens is 358 g/mol. The van der Waals surface area contributed by atoms with E-state index in [1.807, 2.05) is 0 Å². The molecule has 0 heterocycles. The van der Waals surface area contributed by atoms with Gasteiger partial charge in [0, 0.05) is 0 Å². The van der Waals surface area contributed by atoms with Gasteiger partial charge in [-0.2, -0.15) is 0 Å². The molecule has 0 saturated carbocycles. The van der Waals surface area contributed by atoms with E-state index in [2.05, 4.69) is 0 Å². The van der Waals surface area contributed by atoms with Gasteiger partial charge in [0.1, 0.15) is 0 Å². The molecule has 2 N–H and O–H groups in total. The molecule has 0 aromatic rings. The van der Waals surface area contributed by atoms with Crippen LogP contribution < -0.4 is 0 Å². The number of unbranched alkanes of at least 4 members (excludes halogenated alkanes) is 8. The zero-order valence-corrected chi connectivity index (χ0v) is 15.0. The summed E-state index contributed by atoms with van der Waals surface area (Å²) in [7, 11) is 0. The second-order valence-electron chi connectivity index (χ2n) is 4.63. The SMILES string of the molecule is OCCCCCCC[Se][Se]CCCCCCCO. The summed E-state index contributed by atoms with van der Waals surface area (Å²) in [5.74, 6) is 0. The molecule has 110 valence electrons. The number of hydrogen-bond donors (Lipinski definition) is 2. The van der Waals surface area contributed by atoms with Gasteiger partial charge in [-0.25, -0.2) is 0 Å². The van der Waals surface area contributed by atoms with Crippen LogP contribution in [0.15, 0.2) is 0 Å². The minimum absolute atomic E-state index is 0.366. The zero-order chi connectivity index (χ0) is 13.3. The Morgan fingerprint density at radius 2 is 0.778 bits per heavy atom. The topological polar surface area (TPSA) is 40.5 Å². The van der Waals surface area contributed by atoms with E-state index < -0.39 is 0 Å². The second kappa shape index (κ2) is 18.0. The molecule has 0 radical (unpaired) electrons. The van der Waals surface area contributed by atoms with Crippen molar-refractivity contribution in [2.24, 2.45) is 0 Å². The van der Waals surface area contributed by atoms with Crippen LogP contribution >= 0.6 is 0 Å². The molecule has 0 spiro atoms. The van der Waals surface area contributed by atoms with E-state index in [1.165, 1.54) is 62.0 Å². The van der Waals surface area contributed by atoms with Crippen LogP contribution in [0.2, 0.25) is 10.6 Å². The van der Waals surface area contributed by atoms with Gasteiger partial charge in [0.25, 0.3) is 0 Å². The summed E-state index contributed by atoms with van der Waals surface area (Å²) in [6.07, 6.45) is 12.6. The summed E-state index contributed by atoms with van der Waals surface area (Å²) in [5, 5.41) is 20.3. The van der Waals surface area contributed by atoms with Crippen LogP contribution in [0.3, 0.4) is 0 Å². The van der Waals surface area contributed by atoms with E-state index >= 15 is 0 Å². The third-order valence-electron chi connectivity index (χ3n) is 2.85. The van der Waals surface area contributed by atoms with E-state index in [4.69, 9.17) is 10.2 Å². The van der Waals surface area contributed by atoms with Gasteiger partial charge in [-0.3, -0.25) is 0 Å². The van der Waals surface area contributed by atoms with Gasteiger partial charge in [-0.1, -0.05) is 0 Å². The molecule has 0 rings (SSSR count). The first-order chi connectivity index (χ1) is 8.91. The van der Waals surface area contributed by atoms with E-state index in [0.717, 1.165) is 39.1 Å². The molecule has 0 fully saturated rings.